The third-order valence-corrected chi connectivity index (χ3v) is 6.11. The Morgan fingerprint density at radius 1 is 0.935 bits per heavy atom. The second-order valence-electron chi connectivity index (χ2n) is 8.37. The average molecular weight is 416 g/mol. The third kappa shape index (κ3) is 4.55. The van der Waals surface area contributed by atoms with E-state index in [9.17, 15) is 9.59 Å². The molecule has 0 unspecified atom stereocenters. The second-order valence-corrected chi connectivity index (χ2v) is 8.37. The number of aryl methyl sites for hydroxylation is 3. The molecule has 2 aromatic carbocycles. The lowest BCUT2D eigenvalue weighted by Gasteiger charge is -2.37. The molecular formula is C26H29N3O2. The first-order valence-corrected chi connectivity index (χ1v) is 10.8. The number of hydrogen-bond donors (Lipinski definition) is 1. The first-order valence-electron chi connectivity index (χ1n) is 10.8. The maximum Gasteiger partial charge on any atom is 0.224 e. The predicted octanol–water partition coefficient (Wildman–Crippen LogP) is 4.76. The molecule has 31 heavy (non-hydrogen) atoms. The highest BCUT2D eigenvalue weighted by Gasteiger charge is 2.32. The number of hydrogen-bond acceptors (Lipinski definition) is 2. The number of aromatic nitrogens is 1. The van der Waals surface area contributed by atoms with Crippen LogP contribution in [0.4, 0.5) is 5.69 Å². The molecule has 0 radical (unpaired) electrons. The molecule has 0 aliphatic carbocycles. The molecular weight excluding hydrogens is 386 g/mol. The lowest BCUT2D eigenvalue weighted by atomic mass is 9.98. The highest BCUT2D eigenvalue weighted by molar-refractivity contribution is 5.93. The van der Waals surface area contributed by atoms with E-state index in [1.165, 1.54) is 11.1 Å². The van der Waals surface area contributed by atoms with Crippen LogP contribution in [-0.4, -0.2) is 27.8 Å². The summed E-state index contributed by atoms with van der Waals surface area (Å²) < 4.78 is 2.21. The van der Waals surface area contributed by atoms with Crippen molar-refractivity contribution < 1.29 is 9.59 Å². The Morgan fingerprint density at radius 2 is 1.71 bits per heavy atom. The van der Waals surface area contributed by atoms with E-state index in [0.29, 0.717) is 6.54 Å². The molecule has 0 spiro atoms. The molecule has 1 atom stereocenters. The van der Waals surface area contributed by atoms with Gasteiger partial charge in [0.2, 0.25) is 11.8 Å². The van der Waals surface area contributed by atoms with Crippen molar-refractivity contribution in [3.8, 4) is 0 Å². The topological polar surface area (TPSA) is 54.3 Å². The van der Waals surface area contributed by atoms with E-state index >= 15 is 0 Å². The highest BCUT2D eigenvalue weighted by Crippen LogP contribution is 2.33. The summed E-state index contributed by atoms with van der Waals surface area (Å²) in [6.45, 7) is 7.53. The molecule has 2 heterocycles. The number of carbonyl (C=O) groups excluding carboxylic acids is 2. The number of nitrogens with zero attached hydrogens (tertiary/aromatic N) is 2. The highest BCUT2D eigenvalue weighted by atomic mass is 16.2. The number of benzene rings is 2. The Hall–Kier alpha value is -3.34. The largest absolute Gasteiger partial charge is 0.348 e. The van der Waals surface area contributed by atoms with Crippen LogP contribution in [0.5, 0.6) is 0 Å². The van der Waals surface area contributed by atoms with Gasteiger partial charge in [-0.15, -0.1) is 0 Å². The molecule has 4 rings (SSSR count). The normalized spacial score (nSPS) is 15.5. The Bertz CT molecular complexity index is 1100. The molecule has 3 aromatic rings. The Balaban J connectivity index is 1.45. The SMILES string of the molecule is Cc1ccc([C@@H]2c3cccn3CCN2C(=O)CCC(=O)Nc2ccc(C)c(C)c2)cc1. The molecule has 1 aliphatic rings. The van der Waals surface area contributed by atoms with Crippen molar-refractivity contribution in [2.45, 2.75) is 46.2 Å². The van der Waals surface area contributed by atoms with Crippen molar-refractivity contribution in [1.29, 1.82) is 0 Å². The lowest BCUT2D eigenvalue weighted by molar-refractivity contribution is -0.135. The van der Waals surface area contributed by atoms with Crippen molar-refractivity contribution in [1.82, 2.24) is 9.47 Å². The smallest absolute Gasteiger partial charge is 0.224 e. The van der Waals surface area contributed by atoms with Crippen LogP contribution < -0.4 is 5.32 Å². The fraction of sp³-hybridized carbons (Fsp3) is 0.308. The van der Waals surface area contributed by atoms with Crippen LogP contribution in [0.15, 0.2) is 60.8 Å². The van der Waals surface area contributed by atoms with Gasteiger partial charge >= 0.3 is 0 Å². The number of fused-ring (bicyclic) bond motifs is 1. The maximum atomic E-state index is 13.2. The van der Waals surface area contributed by atoms with E-state index in [2.05, 4.69) is 53.3 Å². The minimum absolute atomic E-state index is 0.00765. The van der Waals surface area contributed by atoms with Crippen molar-refractivity contribution in [3.05, 3.63) is 88.7 Å². The van der Waals surface area contributed by atoms with Crippen molar-refractivity contribution >= 4 is 17.5 Å². The number of anilines is 1. The molecule has 5 heteroatoms. The van der Waals surface area contributed by atoms with Crippen LogP contribution in [0, 0.1) is 20.8 Å². The zero-order chi connectivity index (χ0) is 22.0. The zero-order valence-electron chi connectivity index (χ0n) is 18.4. The van der Waals surface area contributed by atoms with E-state index in [1.54, 1.807) is 0 Å². The Labute approximate surface area is 183 Å². The van der Waals surface area contributed by atoms with Gasteiger partial charge in [0.1, 0.15) is 0 Å². The molecule has 2 amide bonds. The van der Waals surface area contributed by atoms with E-state index < -0.39 is 0 Å². The Kier molecular flexibility index (Phi) is 5.94. The first kappa shape index (κ1) is 20.9. The molecule has 0 fully saturated rings. The van der Waals surface area contributed by atoms with Gasteiger partial charge < -0.3 is 14.8 Å². The number of nitrogens with one attached hydrogen (secondary N) is 1. The van der Waals surface area contributed by atoms with Crippen LogP contribution in [0.25, 0.3) is 0 Å². The average Bonchev–Trinajstić information content (AvgIpc) is 3.23. The minimum Gasteiger partial charge on any atom is -0.348 e. The van der Waals surface area contributed by atoms with E-state index in [1.807, 2.05) is 43.0 Å². The van der Waals surface area contributed by atoms with Crippen molar-refractivity contribution in [2.24, 2.45) is 0 Å². The van der Waals surface area contributed by atoms with Crippen LogP contribution >= 0.6 is 0 Å². The standard InChI is InChI=1S/C26H29N3O2/c1-18-6-9-21(10-7-18)26-23-5-4-14-28(23)15-16-29(26)25(31)13-12-24(30)27-22-11-8-19(2)20(3)17-22/h4-11,14,17,26H,12-13,15-16H2,1-3H3,(H,27,30)/t26-/m1/s1. The van der Waals surface area contributed by atoms with E-state index in [0.717, 1.165) is 29.1 Å². The third-order valence-electron chi connectivity index (χ3n) is 6.11. The summed E-state index contributed by atoms with van der Waals surface area (Å²) in [6, 6.07) is 18.2. The summed E-state index contributed by atoms with van der Waals surface area (Å²) in [5.41, 5.74) is 6.49. The van der Waals surface area contributed by atoms with E-state index in [-0.39, 0.29) is 30.7 Å². The first-order chi connectivity index (χ1) is 14.9. The summed E-state index contributed by atoms with van der Waals surface area (Å²) in [5.74, 6) is -0.128. The second kappa shape index (κ2) is 8.80. The molecule has 1 aromatic heterocycles. The summed E-state index contributed by atoms with van der Waals surface area (Å²) in [5, 5.41) is 2.92. The van der Waals surface area contributed by atoms with Crippen LogP contribution in [0.3, 0.4) is 0 Å². The molecule has 0 bridgehead atoms. The van der Waals surface area contributed by atoms with E-state index in [4.69, 9.17) is 0 Å². The Morgan fingerprint density at radius 3 is 2.45 bits per heavy atom. The number of amides is 2. The molecule has 160 valence electrons. The summed E-state index contributed by atoms with van der Waals surface area (Å²) in [4.78, 5) is 27.5. The number of carbonyl (C=O) groups is 2. The molecule has 5 nitrogen and oxygen atoms in total. The van der Waals surface area contributed by atoms with Gasteiger partial charge in [-0.05, 0) is 61.7 Å². The van der Waals surface area contributed by atoms with Gasteiger partial charge in [0, 0.05) is 43.5 Å². The summed E-state index contributed by atoms with van der Waals surface area (Å²) in [6.07, 6.45) is 2.43. The molecule has 1 N–H and O–H groups in total. The van der Waals surface area contributed by atoms with Crippen LogP contribution in [0.2, 0.25) is 0 Å². The lowest BCUT2D eigenvalue weighted by Crippen LogP contribution is -2.42. The molecule has 1 aliphatic heterocycles. The van der Waals surface area contributed by atoms with Crippen LogP contribution in [0.1, 0.15) is 46.8 Å². The van der Waals surface area contributed by atoms with Gasteiger partial charge in [0.15, 0.2) is 0 Å². The summed E-state index contributed by atoms with van der Waals surface area (Å²) >= 11 is 0. The molecule has 0 saturated carbocycles. The number of rotatable bonds is 5. The monoisotopic (exact) mass is 415 g/mol. The minimum atomic E-state index is -0.135. The van der Waals surface area contributed by atoms with Gasteiger partial charge in [-0.3, -0.25) is 9.59 Å². The van der Waals surface area contributed by atoms with Crippen molar-refractivity contribution in [2.75, 3.05) is 11.9 Å². The van der Waals surface area contributed by atoms with Crippen LogP contribution in [-0.2, 0) is 16.1 Å². The summed E-state index contributed by atoms with van der Waals surface area (Å²) in [7, 11) is 0. The molecule has 0 saturated heterocycles. The predicted molar refractivity (Wildman–Crippen MR) is 123 cm³/mol. The fourth-order valence-electron chi connectivity index (χ4n) is 4.16. The fourth-order valence-corrected chi connectivity index (χ4v) is 4.16. The maximum absolute atomic E-state index is 13.2. The van der Waals surface area contributed by atoms with Gasteiger partial charge in [0.05, 0.1) is 6.04 Å². The van der Waals surface area contributed by atoms with Gasteiger partial charge in [-0.1, -0.05) is 35.9 Å². The van der Waals surface area contributed by atoms with Gasteiger partial charge in [0.25, 0.3) is 0 Å². The quantitative estimate of drug-likeness (QED) is 0.653. The van der Waals surface area contributed by atoms with Crippen molar-refractivity contribution in [3.63, 3.8) is 0 Å². The van der Waals surface area contributed by atoms with Gasteiger partial charge in [-0.25, -0.2) is 0 Å². The van der Waals surface area contributed by atoms with Gasteiger partial charge in [-0.2, -0.15) is 0 Å². The zero-order valence-corrected chi connectivity index (χ0v) is 18.4.